The van der Waals surface area contributed by atoms with Crippen LogP contribution in [0, 0.1) is 0 Å². The molecule has 0 saturated carbocycles. The Morgan fingerprint density at radius 2 is 0.925 bits per heavy atom. The van der Waals surface area contributed by atoms with Crippen molar-refractivity contribution in [1.29, 1.82) is 0 Å². The summed E-state index contributed by atoms with van der Waals surface area (Å²) in [7, 11) is 0. The van der Waals surface area contributed by atoms with Gasteiger partial charge in [0, 0.05) is 28.1 Å². The van der Waals surface area contributed by atoms with Gasteiger partial charge < -0.3 is 9.80 Å². The smallest absolute Gasteiger partial charge is 0.0714 e. The van der Waals surface area contributed by atoms with Gasteiger partial charge in [0.2, 0.25) is 0 Å². The second-order valence-corrected chi connectivity index (χ2v) is 17.6. The topological polar surface area (TPSA) is 6.48 Å². The average Bonchev–Trinajstić information content (AvgIpc) is 3.71. The van der Waals surface area contributed by atoms with Crippen LogP contribution in [0.1, 0.15) is 34.2 Å². The first kappa shape index (κ1) is 40.1. The zero-order valence-electron chi connectivity index (χ0n) is 37.2. The molecule has 0 aromatic heterocycles. The first-order valence-corrected chi connectivity index (χ1v) is 23.4. The van der Waals surface area contributed by atoms with E-state index in [1.807, 2.05) is 0 Å². The first-order chi connectivity index (χ1) is 33.2. The molecule has 0 amide bonds. The minimum absolute atomic E-state index is 0.0975. The molecule has 12 rings (SSSR count). The molecule has 0 spiro atoms. The van der Waals surface area contributed by atoms with E-state index in [-0.39, 0.29) is 6.04 Å². The van der Waals surface area contributed by atoms with Crippen molar-refractivity contribution in [3.05, 3.63) is 301 Å². The van der Waals surface area contributed by atoms with Gasteiger partial charge in [-0.3, -0.25) is 0 Å². The van der Waals surface area contributed by atoms with Crippen molar-refractivity contribution in [2.45, 2.75) is 17.9 Å². The minimum Gasteiger partial charge on any atom is -0.334 e. The highest BCUT2D eigenvalue weighted by Crippen LogP contribution is 2.57. The zero-order valence-corrected chi connectivity index (χ0v) is 37.2. The molecule has 0 radical (unpaired) electrons. The van der Waals surface area contributed by atoms with Gasteiger partial charge in [0.1, 0.15) is 0 Å². The molecule has 67 heavy (non-hydrogen) atoms. The molecule has 2 aliphatic rings. The van der Waals surface area contributed by atoms with Crippen LogP contribution in [0.4, 0.5) is 28.4 Å². The molecule has 10 aromatic carbocycles. The molecule has 1 atom stereocenters. The summed E-state index contributed by atoms with van der Waals surface area (Å²) in [5.74, 6) is 0. The molecule has 0 heterocycles. The third-order valence-corrected chi connectivity index (χ3v) is 13.9. The number of anilines is 5. The molecule has 0 saturated heterocycles. The maximum Gasteiger partial charge on any atom is 0.0714 e. The Morgan fingerprint density at radius 1 is 0.388 bits per heavy atom. The van der Waals surface area contributed by atoms with Crippen LogP contribution in [0.5, 0.6) is 0 Å². The second-order valence-electron chi connectivity index (χ2n) is 17.6. The summed E-state index contributed by atoms with van der Waals surface area (Å²) in [4.78, 5) is 4.91. The lowest BCUT2D eigenvalue weighted by molar-refractivity contribution is 0.761. The van der Waals surface area contributed by atoms with E-state index < -0.39 is 5.41 Å². The average molecular weight is 857 g/mol. The third kappa shape index (κ3) is 7.06. The lowest BCUT2D eigenvalue weighted by Crippen LogP contribution is -2.31. The Balaban J connectivity index is 0.947. The Kier molecular flexibility index (Phi) is 10.3. The van der Waals surface area contributed by atoms with E-state index in [1.54, 1.807) is 0 Å². The summed E-state index contributed by atoms with van der Waals surface area (Å²) in [6.45, 7) is 0. The summed E-state index contributed by atoms with van der Waals surface area (Å²) in [5.41, 5.74) is 17.8. The first-order valence-electron chi connectivity index (χ1n) is 23.4. The van der Waals surface area contributed by atoms with Gasteiger partial charge >= 0.3 is 0 Å². The van der Waals surface area contributed by atoms with E-state index in [2.05, 4.69) is 283 Å². The molecule has 1 unspecified atom stereocenters. The predicted octanol–water partition coefficient (Wildman–Crippen LogP) is 16.9. The van der Waals surface area contributed by atoms with E-state index >= 15 is 0 Å². The molecule has 2 heteroatoms. The molecule has 0 bridgehead atoms. The Bertz CT molecular complexity index is 3370. The van der Waals surface area contributed by atoms with Crippen molar-refractivity contribution in [1.82, 2.24) is 0 Å². The van der Waals surface area contributed by atoms with Crippen molar-refractivity contribution < 1.29 is 0 Å². The Labute approximate surface area is 393 Å². The van der Waals surface area contributed by atoms with E-state index in [4.69, 9.17) is 0 Å². The highest BCUT2D eigenvalue weighted by molar-refractivity contribution is 5.99. The molecule has 0 N–H and O–H groups in total. The summed E-state index contributed by atoms with van der Waals surface area (Å²) >= 11 is 0. The van der Waals surface area contributed by atoms with E-state index in [0.29, 0.717) is 0 Å². The summed E-state index contributed by atoms with van der Waals surface area (Å²) < 4.78 is 0. The van der Waals surface area contributed by atoms with Crippen LogP contribution in [0.25, 0.3) is 38.6 Å². The molecule has 2 nitrogen and oxygen atoms in total. The van der Waals surface area contributed by atoms with Gasteiger partial charge in [0.15, 0.2) is 0 Å². The van der Waals surface area contributed by atoms with E-state index in [0.717, 1.165) is 29.2 Å². The fourth-order valence-electron chi connectivity index (χ4n) is 10.8. The number of allylic oxidation sites excluding steroid dienone is 2. The number of benzene rings is 10. The minimum atomic E-state index is -0.487. The second kappa shape index (κ2) is 17.2. The molecular formula is C65H48N2. The third-order valence-electron chi connectivity index (χ3n) is 13.9. The highest BCUT2D eigenvalue weighted by atomic mass is 15.2. The molecule has 0 fully saturated rings. The lowest BCUT2D eigenvalue weighted by atomic mass is 9.67. The van der Waals surface area contributed by atoms with Crippen molar-refractivity contribution in [2.24, 2.45) is 0 Å². The normalized spacial score (nSPS) is 14.5. The fraction of sp³-hybridized carbons (Fsp3) is 0.0462. The highest BCUT2D eigenvalue weighted by Gasteiger charge is 2.46. The Hall–Kier alpha value is -8.46. The van der Waals surface area contributed by atoms with Crippen LogP contribution < -0.4 is 9.80 Å². The standard InChI is InChI=1S/C65H48N2/c1-5-18-47(19-6-1)48-32-38-55(39-33-48)66(58-44-45-61-60-29-15-16-30-62(60)65(63(61)46-58,52-22-7-2-8-23-52)53-24-9-3-10-25-53)56-40-34-49(35-41-56)50-36-42-57(43-37-50)67(54-26-11-4-12-27-54)64-31-17-21-51-20-13-14-28-59(51)64/h1-38,40-46,55H,39H2. The van der Waals surface area contributed by atoms with Crippen LogP contribution in [0.3, 0.4) is 0 Å². The predicted molar refractivity (Wildman–Crippen MR) is 282 cm³/mol. The van der Waals surface area contributed by atoms with Crippen LogP contribution in [-0.2, 0) is 5.41 Å². The van der Waals surface area contributed by atoms with Gasteiger partial charge in [-0.2, -0.15) is 0 Å². The number of hydrogen-bond acceptors (Lipinski definition) is 2. The molecule has 0 aliphatic heterocycles. The summed E-state index contributed by atoms with van der Waals surface area (Å²) in [5, 5.41) is 2.44. The van der Waals surface area contributed by atoms with Crippen molar-refractivity contribution in [2.75, 3.05) is 9.80 Å². The van der Waals surface area contributed by atoms with Crippen LogP contribution in [0.15, 0.2) is 273 Å². The van der Waals surface area contributed by atoms with E-state index in [1.165, 1.54) is 72.1 Å². The van der Waals surface area contributed by atoms with E-state index in [9.17, 15) is 0 Å². The van der Waals surface area contributed by atoms with Gasteiger partial charge in [0.05, 0.1) is 17.1 Å². The van der Waals surface area contributed by atoms with Crippen LogP contribution in [-0.4, -0.2) is 6.04 Å². The number of rotatable bonds is 10. The monoisotopic (exact) mass is 856 g/mol. The number of hydrogen-bond donors (Lipinski definition) is 0. The molecule has 318 valence electrons. The maximum absolute atomic E-state index is 2.55. The molecule has 10 aromatic rings. The Morgan fingerprint density at radius 3 is 1.60 bits per heavy atom. The van der Waals surface area contributed by atoms with Crippen LogP contribution >= 0.6 is 0 Å². The molecular weight excluding hydrogens is 809 g/mol. The lowest BCUT2D eigenvalue weighted by Gasteiger charge is -2.36. The number of nitrogens with zero attached hydrogens (tertiary/aromatic N) is 2. The fourth-order valence-corrected chi connectivity index (χ4v) is 10.8. The SMILES string of the molecule is C1=CC(N(c2ccc(-c3ccc(N(c4ccccc4)c4cccc5ccccc45)cc3)cc2)c2ccc3c(c2)C(c2ccccc2)(c2ccccc2)c2ccccc2-3)CC=C1c1ccccc1. The van der Waals surface area contributed by atoms with Crippen LogP contribution in [0.2, 0.25) is 0 Å². The van der Waals surface area contributed by atoms with Crippen molar-refractivity contribution in [3.63, 3.8) is 0 Å². The number of fused-ring (bicyclic) bond motifs is 4. The van der Waals surface area contributed by atoms with Gasteiger partial charge in [-0.25, -0.2) is 0 Å². The molecule has 2 aliphatic carbocycles. The van der Waals surface area contributed by atoms with Crippen molar-refractivity contribution >= 4 is 44.8 Å². The maximum atomic E-state index is 2.55. The number of para-hydroxylation sites is 1. The van der Waals surface area contributed by atoms with Gasteiger partial charge in [-0.15, -0.1) is 0 Å². The van der Waals surface area contributed by atoms with Gasteiger partial charge in [0.25, 0.3) is 0 Å². The quantitative estimate of drug-likeness (QED) is 0.135. The summed E-state index contributed by atoms with van der Waals surface area (Å²) in [6, 6.07) is 93.3. The largest absolute Gasteiger partial charge is 0.334 e. The van der Waals surface area contributed by atoms with Gasteiger partial charge in [-0.05, 0) is 122 Å². The zero-order chi connectivity index (χ0) is 44.6. The summed E-state index contributed by atoms with van der Waals surface area (Å²) in [6.07, 6.45) is 7.98. The van der Waals surface area contributed by atoms with Crippen molar-refractivity contribution in [3.8, 4) is 22.3 Å². The van der Waals surface area contributed by atoms with Gasteiger partial charge in [-0.1, -0.05) is 218 Å².